The fourth-order valence-corrected chi connectivity index (χ4v) is 2.81. The fourth-order valence-electron chi connectivity index (χ4n) is 1.70. The Morgan fingerprint density at radius 1 is 1.38 bits per heavy atom. The van der Waals surface area contributed by atoms with Crippen LogP contribution in [-0.2, 0) is 9.84 Å². The van der Waals surface area contributed by atoms with E-state index in [2.05, 4.69) is 10.3 Å². The number of sulfone groups is 1. The van der Waals surface area contributed by atoms with Crippen molar-refractivity contribution in [3.63, 3.8) is 0 Å². The van der Waals surface area contributed by atoms with Crippen molar-refractivity contribution < 1.29 is 8.42 Å². The molecule has 0 saturated heterocycles. The average Bonchev–Trinajstić information content (AvgIpc) is 2.25. The van der Waals surface area contributed by atoms with Crippen LogP contribution in [0.15, 0.2) is 24.5 Å². The van der Waals surface area contributed by atoms with Crippen molar-refractivity contribution in [2.45, 2.75) is 18.9 Å². The average molecular weight is 242 g/mol. The second kappa shape index (κ2) is 5.41. The lowest BCUT2D eigenvalue weighted by Crippen LogP contribution is -2.37. The predicted molar refractivity (Wildman–Crippen MR) is 65.2 cm³/mol. The molecule has 2 atom stereocenters. The second-order valence-electron chi connectivity index (χ2n) is 4.06. The lowest BCUT2D eigenvalue weighted by Gasteiger charge is -2.23. The Hall–Kier alpha value is -0.940. The van der Waals surface area contributed by atoms with Crippen molar-refractivity contribution in [1.29, 1.82) is 0 Å². The first-order valence-corrected chi connectivity index (χ1v) is 7.25. The number of nitrogens with one attached hydrogen (secondary N) is 1. The van der Waals surface area contributed by atoms with Gasteiger partial charge in [-0.15, -0.1) is 0 Å². The summed E-state index contributed by atoms with van der Waals surface area (Å²) >= 11 is 0. The predicted octanol–water partition coefficient (Wildman–Crippen LogP) is 0.818. The molecule has 16 heavy (non-hydrogen) atoms. The molecule has 1 aromatic heterocycles. The molecule has 1 aromatic rings. The maximum atomic E-state index is 11.3. The minimum Gasteiger partial charge on any atom is -0.315 e. The number of hydrogen-bond acceptors (Lipinski definition) is 4. The van der Waals surface area contributed by atoms with Gasteiger partial charge in [-0.05, 0) is 30.7 Å². The third-order valence-corrected chi connectivity index (χ3v) is 3.65. The third-order valence-electron chi connectivity index (χ3n) is 2.69. The second-order valence-corrected chi connectivity index (χ2v) is 6.24. The molecule has 0 bridgehead atoms. The first-order valence-electron chi connectivity index (χ1n) is 5.19. The SMILES string of the molecule is CNC(CS(C)(=O)=O)C(C)c1ccncc1. The van der Waals surface area contributed by atoms with E-state index in [4.69, 9.17) is 0 Å². The normalized spacial score (nSPS) is 15.7. The summed E-state index contributed by atoms with van der Waals surface area (Å²) in [5, 5.41) is 3.06. The summed E-state index contributed by atoms with van der Waals surface area (Å²) in [4.78, 5) is 3.95. The molecule has 0 saturated carbocycles. The van der Waals surface area contributed by atoms with Crippen molar-refractivity contribution in [2.75, 3.05) is 19.1 Å². The number of rotatable bonds is 5. The summed E-state index contributed by atoms with van der Waals surface area (Å²) in [5.74, 6) is 0.287. The summed E-state index contributed by atoms with van der Waals surface area (Å²) in [6, 6.07) is 3.76. The summed E-state index contributed by atoms with van der Waals surface area (Å²) in [5.41, 5.74) is 1.10. The van der Waals surface area contributed by atoms with Crippen LogP contribution < -0.4 is 5.32 Å². The Labute approximate surface area is 97.0 Å². The van der Waals surface area contributed by atoms with Crippen molar-refractivity contribution in [3.05, 3.63) is 30.1 Å². The number of aromatic nitrogens is 1. The molecule has 90 valence electrons. The summed E-state index contributed by atoms with van der Waals surface area (Å²) in [6.07, 6.45) is 4.70. The molecule has 0 fully saturated rings. The zero-order valence-corrected chi connectivity index (χ0v) is 10.7. The lowest BCUT2D eigenvalue weighted by molar-refractivity contribution is 0.513. The van der Waals surface area contributed by atoms with Crippen LogP contribution in [0.3, 0.4) is 0 Å². The zero-order valence-electron chi connectivity index (χ0n) is 9.84. The molecular formula is C11H18N2O2S. The molecule has 0 spiro atoms. The van der Waals surface area contributed by atoms with E-state index >= 15 is 0 Å². The highest BCUT2D eigenvalue weighted by Gasteiger charge is 2.21. The van der Waals surface area contributed by atoms with E-state index in [1.165, 1.54) is 6.26 Å². The number of pyridine rings is 1. The van der Waals surface area contributed by atoms with Crippen LogP contribution in [0.5, 0.6) is 0 Å². The molecule has 1 rings (SSSR count). The van der Waals surface area contributed by atoms with Crippen molar-refractivity contribution in [3.8, 4) is 0 Å². The lowest BCUT2D eigenvalue weighted by atomic mass is 9.95. The number of nitrogens with zero attached hydrogens (tertiary/aromatic N) is 1. The van der Waals surface area contributed by atoms with Crippen LogP contribution >= 0.6 is 0 Å². The van der Waals surface area contributed by atoms with Gasteiger partial charge in [0.15, 0.2) is 0 Å². The molecule has 2 unspecified atom stereocenters. The first kappa shape index (κ1) is 13.1. The molecule has 0 aliphatic heterocycles. The van der Waals surface area contributed by atoms with Gasteiger partial charge in [0.25, 0.3) is 0 Å². The highest BCUT2D eigenvalue weighted by atomic mass is 32.2. The van der Waals surface area contributed by atoms with Gasteiger partial charge in [0.2, 0.25) is 0 Å². The molecule has 5 heteroatoms. The van der Waals surface area contributed by atoms with Crippen LogP contribution in [0, 0.1) is 0 Å². The van der Waals surface area contributed by atoms with Gasteiger partial charge < -0.3 is 5.32 Å². The van der Waals surface area contributed by atoms with E-state index < -0.39 is 9.84 Å². The smallest absolute Gasteiger partial charge is 0.149 e. The molecule has 0 radical (unpaired) electrons. The Kier molecular flexibility index (Phi) is 4.44. The van der Waals surface area contributed by atoms with Gasteiger partial charge in [-0.3, -0.25) is 4.98 Å². The van der Waals surface area contributed by atoms with E-state index in [0.29, 0.717) is 0 Å². The van der Waals surface area contributed by atoms with Crippen LogP contribution in [0.1, 0.15) is 18.4 Å². The molecule has 0 aliphatic carbocycles. The molecule has 0 aliphatic rings. The van der Waals surface area contributed by atoms with E-state index in [0.717, 1.165) is 5.56 Å². The molecule has 1 N–H and O–H groups in total. The molecule has 0 aromatic carbocycles. The van der Waals surface area contributed by atoms with E-state index in [9.17, 15) is 8.42 Å². The van der Waals surface area contributed by atoms with Gasteiger partial charge in [-0.2, -0.15) is 0 Å². The monoisotopic (exact) mass is 242 g/mol. The summed E-state index contributed by atoms with van der Waals surface area (Å²) in [6.45, 7) is 2.02. The number of hydrogen-bond donors (Lipinski definition) is 1. The minimum absolute atomic E-state index is 0.0719. The molecule has 0 amide bonds. The fraction of sp³-hybridized carbons (Fsp3) is 0.545. The molecule has 1 heterocycles. The number of likely N-dealkylation sites (N-methyl/N-ethyl adjacent to an activating group) is 1. The van der Waals surface area contributed by atoms with Gasteiger partial charge in [0.05, 0.1) is 5.75 Å². The Bertz CT molecular complexity index is 417. The maximum Gasteiger partial charge on any atom is 0.149 e. The van der Waals surface area contributed by atoms with Gasteiger partial charge in [0.1, 0.15) is 9.84 Å². The van der Waals surface area contributed by atoms with Crippen LogP contribution in [-0.4, -0.2) is 38.5 Å². The Morgan fingerprint density at radius 2 is 1.94 bits per heavy atom. The van der Waals surface area contributed by atoms with E-state index in [-0.39, 0.29) is 17.7 Å². The quantitative estimate of drug-likeness (QED) is 0.830. The Balaban J connectivity index is 2.82. The first-order chi connectivity index (χ1) is 7.44. The largest absolute Gasteiger partial charge is 0.315 e. The van der Waals surface area contributed by atoms with Crippen LogP contribution in [0.25, 0.3) is 0 Å². The zero-order chi connectivity index (χ0) is 12.2. The topological polar surface area (TPSA) is 59.1 Å². The minimum atomic E-state index is -2.97. The summed E-state index contributed by atoms with van der Waals surface area (Å²) in [7, 11) is -1.18. The van der Waals surface area contributed by atoms with E-state index in [1.54, 1.807) is 19.4 Å². The van der Waals surface area contributed by atoms with Crippen LogP contribution in [0.4, 0.5) is 0 Å². The van der Waals surface area contributed by atoms with Crippen molar-refractivity contribution >= 4 is 9.84 Å². The summed E-state index contributed by atoms with van der Waals surface area (Å²) < 4.78 is 22.6. The molecule has 4 nitrogen and oxygen atoms in total. The standard InChI is InChI=1S/C11H18N2O2S/c1-9(10-4-6-13-7-5-10)11(12-2)8-16(3,14)15/h4-7,9,11-12H,8H2,1-3H3. The van der Waals surface area contributed by atoms with Crippen molar-refractivity contribution in [2.24, 2.45) is 0 Å². The van der Waals surface area contributed by atoms with Crippen molar-refractivity contribution in [1.82, 2.24) is 10.3 Å². The third kappa shape index (κ3) is 3.90. The van der Waals surface area contributed by atoms with Gasteiger partial charge in [-0.1, -0.05) is 6.92 Å². The highest BCUT2D eigenvalue weighted by molar-refractivity contribution is 7.90. The van der Waals surface area contributed by atoms with Gasteiger partial charge in [0, 0.05) is 24.7 Å². The molecular weight excluding hydrogens is 224 g/mol. The van der Waals surface area contributed by atoms with Gasteiger partial charge in [-0.25, -0.2) is 8.42 Å². The van der Waals surface area contributed by atoms with Crippen LogP contribution in [0.2, 0.25) is 0 Å². The van der Waals surface area contributed by atoms with Gasteiger partial charge >= 0.3 is 0 Å². The maximum absolute atomic E-state index is 11.3. The van der Waals surface area contributed by atoms with E-state index in [1.807, 2.05) is 19.1 Å². The highest BCUT2D eigenvalue weighted by Crippen LogP contribution is 2.19. The Morgan fingerprint density at radius 3 is 2.38 bits per heavy atom.